The molecule has 1 aromatic carbocycles. The molecule has 0 aliphatic heterocycles. The summed E-state index contributed by atoms with van der Waals surface area (Å²) in [5, 5.41) is 0. The Morgan fingerprint density at radius 2 is 2.06 bits per heavy atom. The van der Waals surface area contributed by atoms with Crippen molar-refractivity contribution in [3.63, 3.8) is 0 Å². The van der Waals surface area contributed by atoms with Gasteiger partial charge >= 0.3 is 5.97 Å². The molecule has 1 heterocycles. The maximum Gasteiger partial charge on any atom is 0.340 e. The summed E-state index contributed by atoms with van der Waals surface area (Å²) in [5.41, 5.74) is 1.30. The summed E-state index contributed by atoms with van der Waals surface area (Å²) in [6.07, 6.45) is 0. The Balaban J connectivity index is 2.61. The Hall–Kier alpha value is -1.88. The number of methoxy groups -OCH3 is 2. The van der Waals surface area contributed by atoms with Crippen LogP contribution in [0.3, 0.4) is 0 Å². The summed E-state index contributed by atoms with van der Waals surface area (Å²) in [4.78, 5) is 19.3. The Kier molecular flexibility index (Phi) is 3.09. The van der Waals surface area contributed by atoms with E-state index in [1.165, 1.54) is 7.11 Å². The third-order valence-corrected chi connectivity index (χ3v) is 3.00. The molecule has 2 rings (SSSR count). The van der Waals surface area contributed by atoms with Crippen molar-refractivity contribution in [3.05, 3.63) is 29.6 Å². The molecule has 2 aromatic rings. The topological polar surface area (TPSA) is 64.2 Å². The van der Waals surface area contributed by atoms with Gasteiger partial charge in [0.05, 0.1) is 18.2 Å². The number of imidazole rings is 1. The number of carbonyl (C=O) groups is 1. The molecule has 0 aliphatic rings. The van der Waals surface area contributed by atoms with E-state index in [1.54, 1.807) is 19.2 Å². The molecule has 0 aliphatic carbocycles. The molecule has 0 radical (unpaired) electrons. The highest BCUT2D eigenvalue weighted by Crippen LogP contribution is 2.25. The number of para-hydroxylation sites is 1. The van der Waals surface area contributed by atoms with Crippen LogP contribution in [0.2, 0.25) is 0 Å². The van der Waals surface area contributed by atoms with Gasteiger partial charge in [0.1, 0.15) is 16.9 Å². The highest BCUT2D eigenvalue weighted by molar-refractivity contribution is 6.01. The normalized spacial score (nSPS) is 11.8. The molecule has 0 saturated carbocycles. The number of nitrogens with zero attached hydrogens (tertiary/aromatic N) is 1. The first-order valence-electron chi connectivity index (χ1n) is 5.62. The summed E-state index contributed by atoms with van der Waals surface area (Å²) in [6.45, 7) is 3.81. The van der Waals surface area contributed by atoms with Crippen molar-refractivity contribution in [1.29, 1.82) is 0 Å². The van der Waals surface area contributed by atoms with E-state index in [1.807, 2.05) is 19.9 Å². The van der Waals surface area contributed by atoms with Crippen molar-refractivity contribution in [3.8, 4) is 0 Å². The van der Waals surface area contributed by atoms with E-state index in [0.717, 1.165) is 5.52 Å². The lowest BCUT2D eigenvalue weighted by Gasteiger charge is -2.19. The molecule has 18 heavy (non-hydrogen) atoms. The molecule has 0 amide bonds. The van der Waals surface area contributed by atoms with Crippen LogP contribution in [0.4, 0.5) is 0 Å². The van der Waals surface area contributed by atoms with Crippen LogP contribution in [-0.4, -0.2) is 30.2 Å². The molecular formula is C13H16N2O3. The molecule has 0 spiro atoms. The van der Waals surface area contributed by atoms with Crippen molar-refractivity contribution in [1.82, 2.24) is 9.97 Å². The number of ether oxygens (including phenoxy) is 2. The average molecular weight is 248 g/mol. The van der Waals surface area contributed by atoms with Gasteiger partial charge in [0.25, 0.3) is 0 Å². The SMILES string of the molecule is COC(=O)c1cccc2[nH]c(C(C)(C)OC)nc12. The van der Waals surface area contributed by atoms with E-state index in [0.29, 0.717) is 16.9 Å². The van der Waals surface area contributed by atoms with E-state index in [4.69, 9.17) is 9.47 Å². The second kappa shape index (κ2) is 4.42. The van der Waals surface area contributed by atoms with Gasteiger partial charge in [0.2, 0.25) is 0 Å². The van der Waals surface area contributed by atoms with Crippen LogP contribution in [0.1, 0.15) is 30.0 Å². The molecular weight excluding hydrogens is 232 g/mol. The first-order chi connectivity index (χ1) is 8.49. The quantitative estimate of drug-likeness (QED) is 0.846. The summed E-state index contributed by atoms with van der Waals surface area (Å²) in [7, 11) is 2.97. The van der Waals surface area contributed by atoms with Gasteiger partial charge in [-0.2, -0.15) is 0 Å². The number of aromatic nitrogens is 2. The lowest BCUT2D eigenvalue weighted by Crippen LogP contribution is -2.21. The Bertz CT molecular complexity index is 587. The first kappa shape index (κ1) is 12.6. The molecule has 0 fully saturated rings. The largest absolute Gasteiger partial charge is 0.465 e. The number of benzene rings is 1. The van der Waals surface area contributed by atoms with Gasteiger partial charge in [0, 0.05) is 7.11 Å². The Morgan fingerprint density at radius 3 is 2.67 bits per heavy atom. The predicted octanol–water partition coefficient (Wildman–Crippen LogP) is 2.23. The molecule has 0 saturated heterocycles. The number of rotatable bonds is 3. The number of carbonyl (C=O) groups excluding carboxylic acids is 1. The minimum atomic E-state index is -0.535. The fourth-order valence-electron chi connectivity index (χ4n) is 1.69. The van der Waals surface area contributed by atoms with E-state index in [-0.39, 0.29) is 0 Å². The van der Waals surface area contributed by atoms with Gasteiger partial charge in [-0.1, -0.05) is 6.07 Å². The number of H-pyrrole nitrogens is 1. The molecule has 5 nitrogen and oxygen atoms in total. The van der Waals surface area contributed by atoms with Crippen LogP contribution in [-0.2, 0) is 15.1 Å². The number of aromatic amines is 1. The van der Waals surface area contributed by atoms with E-state index in [2.05, 4.69) is 9.97 Å². The van der Waals surface area contributed by atoms with Crippen LogP contribution >= 0.6 is 0 Å². The van der Waals surface area contributed by atoms with Gasteiger partial charge < -0.3 is 14.5 Å². The predicted molar refractivity (Wildman–Crippen MR) is 67.5 cm³/mol. The lowest BCUT2D eigenvalue weighted by molar-refractivity contribution is 0.0124. The fraction of sp³-hybridized carbons (Fsp3) is 0.385. The third kappa shape index (κ3) is 1.97. The Labute approximate surface area is 105 Å². The molecule has 1 aromatic heterocycles. The first-order valence-corrected chi connectivity index (χ1v) is 5.62. The molecule has 0 unspecified atom stereocenters. The monoisotopic (exact) mass is 248 g/mol. The van der Waals surface area contributed by atoms with Gasteiger partial charge in [-0.15, -0.1) is 0 Å². The van der Waals surface area contributed by atoms with Gasteiger partial charge in [0.15, 0.2) is 0 Å². The van der Waals surface area contributed by atoms with Crippen LogP contribution < -0.4 is 0 Å². The van der Waals surface area contributed by atoms with Gasteiger partial charge in [-0.05, 0) is 26.0 Å². The van der Waals surface area contributed by atoms with Crippen LogP contribution in [0, 0.1) is 0 Å². The zero-order valence-electron chi connectivity index (χ0n) is 10.9. The third-order valence-electron chi connectivity index (χ3n) is 3.00. The minimum absolute atomic E-state index is 0.395. The highest BCUT2D eigenvalue weighted by atomic mass is 16.5. The fourth-order valence-corrected chi connectivity index (χ4v) is 1.69. The molecule has 5 heteroatoms. The van der Waals surface area contributed by atoms with Crippen LogP contribution in [0.5, 0.6) is 0 Å². The highest BCUT2D eigenvalue weighted by Gasteiger charge is 2.25. The molecule has 0 bridgehead atoms. The summed E-state index contributed by atoms with van der Waals surface area (Å²) in [5.74, 6) is 0.283. The van der Waals surface area contributed by atoms with Gasteiger partial charge in [-0.3, -0.25) is 0 Å². The van der Waals surface area contributed by atoms with Crippen molar-refractivity contribution in [2.24, 2.45) is 0 Å². The van der Waals surface area contributed by atoms with Crippen LogP contribution in [0.15, 0.2) is 18.2 Å². The smallest absolute Gasteiger partial charge is 0.340 e. The maximum absolute atomic E-state index is 11.6. The second-order valence-corrected chi connectivity index (χ2v) is 4.49. The number of fused-ring (bicyclic) bond motifs is 1. The maximum atomic E-state index is 11.6. The number of esters is 1. The van der Waals surface area contributed by atoms with Gasteiger partial charge in [-0.25, -0.2) is 9.78 Å². The van der Waals surface area contributed by atoms with Crippen molar-refractivity contribution in [2.75, 3.05) is 14.2 Å². The summed E-state index contributed by atoms with van der Waals surface area (Å²) < 4.78 is 10.1. The standard InChI is InChI=1S/C13H16N2O3/c1-13(2,18-4)12-14-9-7-5-6-8(10(9)15-12)11(16)17-3/h5-7H,1-4H3,(H,14,15). The number of hydrogen-bond acceptors (Lipinski definition) is 4. The number of hydrogen-bond donors (Lipinski definition) is 1. The van der Waals surface area contributed by atoms with E-state index < -0.39 is 11.6 Å². The summed E-state index contributed by atoms with van der Waals surface area (Å²) >= 11 is 0. The molecule has 96 valence electrons. The van der Waals surface area contributed by atoms with Crippen molar-refractivity contribution < 1.29 is 14.3 Å². The molecule has 1 N–H and O–H groups in total. The zero-order chi connectivity index (χ0) is 13.3. The minimum Gasteiger partial charge on any atom is -0.465 e. The lowest BCUT2D eigenvalue weighted by atomic mass is 10.1. The second-order valence-electron chi connectivity index (χ2n) is 4.49. The molecule has 0 atom stereocenters. The average Bonchev–Trinajstić information content (AvgIpc) is 2.82. The Morgan fingerprint density at radius 1 is 1.33 bits per heavy atom. The van der Waals surface area contributed by atoms with Crippen molar-refractivity contribution >= 4 is 17.0 Å². The van der Waals surface area contributed by atoms with E-state index >= 15 is 0 Å². The zero-order valence-corrected chi connectivity index (χ0v) is 10.9. The number of nitrogens with one attached hydrogen (secondary N) is 1. The van der Waals surface area contributed by atoms with Crippen molar-refractivity contribution in [2.45, 2.75) is 19.4 Å². The summed E-state index contributed by atoms with van der Waals surface area (Å²) in [6, 6.07) is 5.35. The van der Waals surface area contributed by atoms with E-state index in [9.17, 15) is 4.79 Å². The van der Waals surface area contributed by atoms with Crippen LogP contribution in [0.25, 0.3) is 11.0 Å².